The van der Waals surface area contributed by atoms with Crippen molar-refractivity contribution in [3.05, 3.63) is 65.5 Å². The molecule has 0 aromatic heterocycles. The van der Waals surface area contributed by atoms with E-state index in [0.29, 0.717) is 12.6 Å². The Labute approximate surface area is 161 Å². The van der Waals surface area contributed by atoms with E-state index in [1.54, 1.807) is 0 Å². The third kappa shape index (κ3) is 5.76. The van der Waals surface area contributed by atoms with Crippen LogP contribution in [-0.2, 0) is 13.1 Å². The SMILES string of the molecule is CCOc1ccc(CN2CCN(Cc3ccc(F)cc3)CC2CCO)cc1. The molecule has 1 N–H and O–H groups in total. The molecule has 2 aromatic rings. The minimum Gasteiger partial charge on any atom is -0.494 e. The summed E-state index contributed by atoms with van der Waals surface area (Å²) in [4.78, 5) is 4.84. The highest BCUT2D eigenvalue weighted by molar-refractivity contribution is 5.27. The lowest BCUT2D eigenvalue weighted by Gasteiger charge is -2.41. The summed E-state index contributed by atoms with van der Waals surface area (Å²) in [6.45, 7) is 7.38. The van der Waals surface area contributed by atoms with Crippen molar-refractivity contribution in [2.75, 3.05) is 32.8 Å². The third-order valence-electron chi connectivity index (χ3n) is 5.09. The zero-order chi connectivity index (χ0) is 19.1. The maximum atomic E-state index is 13.1. The van der Waals surface area contributed by atoms with Gasteiger partial charge in [-0.3, -0.25) is 9.80 Å². The van der Waals surface area contributed by atoms with E-state index in [1.165, 1.54) is 17.7 Å². The summed E-state index contributed by atoms with van der Waals surface area (Å²) in [5, 5.41) is 9.50. The van der Waals surface area contributed by atoms with Gasteiger partial charge in [0.15, 0.2) is 0 Å². The van der Waals surface area contributed by atoms with Crippen molar-refractivity contribution in [2.45, 2.75) is 32.5 Å². The lowest BCUT2D eigenvalue weighted by molar-refractivity contribution is 0.0499. The van der Waals surface area contributed by atoms with E-state index in [2.05, 4.69) is 21.9 Å². The van der Waals surface area contributed by atoms with E-state index in [-0.39, 0.29) is 12.4 Å². The van der Waals surface area contributed by atoms with Gasteiger partial charge in [-0.2, -0.15) is 0 Å². The zero-order valence-electron chi connectivity index (χ0n) is 16.0. The lowest BCUT2D eigenvalue weighted by atomic mass is 10.1. The number of aliphatic hydroxyl groups excluding tert-OH is 1. The Kier molecular flexibility index (Phi) is 7.21. The summed E-state index contributed by atoms with van der Waals surface area (Å²) in [6, 6.07) is 15.3. The topological polar surface area (TPSA) is 35.9 Å². The largest absolute Gasteiger partial charge is 0.494 e. The Bertz CT molecular complexity index is 690. The molecule has 0 saturated carbocycles. The van der Waals surface area contributed by atoms with Crippen molar-refractivity contribution in [2.24, 2.45) is 0 Å². The van der Waals surface area contributed by atoms with Crippen LogP contribution in [0.4, 0.5) is 4.39 Å². The minimum atomic E-state index is -0.197. The first-order chi connectivity index (χ1) is 13.2. The van der Waals surface area contributed by atoms with Crippen molar-refractivity contribution in [3.63, 3.8) is 0 Å². The maximum Gasteiger partial charge on any atom is 0.123 e. The molecule has 0 amide bonds. The molecule has 1 aliphatic heterocycles. The fourth-order valence-corrected chi connectivity index (χ4v) is 3.67. The molecule has 4 nitrogen and oxygen atoms in total. The van der Waals surface area contributed by atoms with Crippen LogP contribution in [0.5, 0.6) is 5.75 Å². The zero-order valence-corrected chi connectivity index (χ0v) is 16.0. The van der Waals surface area contributed by atoms with Crippen molar-refractivity contribution in [1.29, 1.82) is 0 Å². The fourth-order valence-electron chi connectivity index (χ4n) is 3.67. The van der Waals surface area contributed by atoms with Gasteiger partial charge in [-0.15, -0.1) is 0 Å². The molecule has 0 aliphatic carbocycles. The number of hydrogen-bond acceptors (Lipinski definition) is 4. The van der Waals surface area contributed by atoms with Crippen LogP contribution >= 0.6 is 0 Å². The molecule has 146 valence electrons. The van der Waals surface area contributed by atoms with E-state index in [4.69, 9.17) is 4.74 Å². The number of aliphatic hydroxyl groups is 1. The Morgan fingerprint density at radius 1 is 1.00 bits per heavy atom. The number of halogens is 1. The highest BCUT2D eigenvalue weighted by Gasteiger charge is 2.26. The fraction of sp³-hybridized carbons (Fsp3) is 0.455. The summed E-state index contributed by atoms with van der Waals surface area (Å²) in [5.41, 5.74) is 2.38. The second-order valence-corrected chi connectivity index (χ2v) is 7.08. The summed E-state index contributed by atoms with van der Waals surface area (Å²) in [7, 11) is 0. The molecule has 0 radical (unpaired) electrons. The Morgan fingerprint density at radius 2 is 1.67 bits per heavy atom. The highest BCUT2D eigenvalue weighted by atomic mass is 19.1. The van der Waals surface area contributed by atoms with Gasteiger partial charge in [0.05, 0.1) is 6.61 Å². The molecule has 1 unspecified atom stereocenters. The predicted molar refractivity (Wildman–Crippen MR) is 105 cm³/mol. The van der Waals surface area contributed by atoms with Crippen molar-refractivity contribution < 1.29 is 14.2 Å². The van der Waals surface area contributed by atoms with Gasteiger partial charge >= 0.3 is 0 Å². The number of nitrogens with zero attached hydrogens (tertiary/aromatic N) is 2. The van der Waals surface area contributed by atoms with E-state index in [9.17, 15) is 9.50 Å². The van der Waals surface area contributed by atoms with Gasteiger partial charge in [-0.05, 0) is 48.7 Å². The quantitative estimate of drug-likeness (QED) is 0.771. The average molecular weight is 372 g/mol. The smallest absolute Gasteiger partial charge is 0.123 e. The van der Waals surface area contributed by atoms with Crippen LogP contribution in [-0.4, -0.2) is 53.8 Å². The molecule has 5 heteroatoms. The van der Waals surface area contributed by atoms with Gasteiger partial charge in [0, 0.05) is 45.4 Å². The first-order valence-corrected chi connectivity index (χ1v) is 9.71. The average Bonchev–Trinajstić information content (AvgIpc) is 2.68. The van der Waals surface area contributed by atoms with E-state index < -0.39 is 0 Å². The molecule has 1 aliphatic rings. The normalized spacial score (nSPS) is 18.6. The maximum absolute atomic E-state index is 13.1. The summed E-state index contributed by atoms with van der Waals surface area (Å²) < 4.78 is 18.6. The van der Waals surface area contributed by atoms with Crippen molar-refractivity contribution in [3.8, 4) is 5.75 Å². The van der Waals surface area contributed by atoms with Gasteiger partial charge < -0.3 is 9.84 Å². The number of benzene rings is 2. The number of rotatable bonds is 8. The first kappa shape index (κ1) is 19.8. The van der Waals surface area contributed by atoms with Gasteiger partial charge in [0.25, 0.3) is 0 Å². The molecular weight excluding hydrogens is 343 g/mol. The van der Waals surface area contributed by atoms with Crippen molar-refractivity contribution in [1.82, 2.24) is 9.80 Å². The van der Waals surface area contributed by atoms with Crippen LogP contribution in [0, 0.1) is 5.82 Å². The molecule has 0 spiro atoms. The minimum absolute atomic E-state index is 0.189. The predicted octanol–water partition coefficient (Wildman–Crippen LogP) is 3.29. The molecule has 1 fully saturated rings. The highest BCUT2D eigenvalue weighted by Crippen LogP contribution is 2.20. The monoisotopic (exact) mass is 372 g/mol. The van der Waals surface area contributed by atoms with E-state index in [1.807, 2.05) is 31.2 Å². The number of hydrogen-bond donors (Lipinski definition) is 1. The van der Waals surface area contributed by atoms with Gasteiger partial charge in [0.1, 0.15) is 11.6 Å². The molecule has 27 heavy (non-hydrogen) atoms. The van der Waals surface area contributed by atoms with Crippen LogP contribution < -0.4 is 4.74 Å². The second-order valence-electron chi connectivity index (χ2n) is 7.08. The van der Waals surface area contributed by atoms with E-state index >= 15 is 0 Å². The molecule has 0 bridgehead atoms. The van der Waals surface area contributed by atoms with Crippen LogP contribution in [0.2, 0.25) is 0 Å². The molecular formula is C22H29FN2O2. The molecule has 3 rings (SSSR count). The van der Waals surface area contributed by atoms with Gasteiger partial charge in [0.2, 0.25) is 0 Å². The molecule has 1 saturated heterocycles. The van der Waals surface area contributed by atoms with Gasteiger partial charge in [-0.25, -0.2) is 4.39 Å². The Hall–Kier alpha value is -1.95. The molecule has 1 atom stereocenters. The Morgan fingerprint density at radius 3 is 2.33 bits per heavy atom. The first-order valence-electron chi connectivity index (χ1n) is 9.71. The summed E-state index contributed by atoms with van der Waals surface area (Å²) in [6.07, 6.45) is 0.761. The standard InChI is InChI=1S/C22H29FN2O2/c1-2-27-22-9-5-19(6-10-22)16-25-13-12-24(17-21(25)11-14-26)15-18-3-7-20(23)8-4-18/h3-10,21,26H,2,11-17H2,1H3. The second kappa shape index (κ2) is 9.83. The van der Waals surface area contributed by atoms with Crippen LogP contribution in [0.3, 0.4) is 0 Å². The Balaban J connectivity index is 1.59. The van der Waals surface area contributed by atoms with Crippen LogP contribution in [0.25, 0.3) is 0 Å². The molecule has 1 heterocycles. The number of piperazine rings is 1. The van der Waals surface area contributed by atoms with Crippen LogP contribution in [0.15, 0.2) is 48.5 Å². The van der Waals surface area contributed by atoms with Crippen LogP contribution in [0.1, 0.15) is 24.5 Å². The van der Waals surface area contributed by atoms with Gasteiger partial charge in [-0.1, -0.05) is 24.3 Å². The van der Waals surface area contributed by atoms with E-state index in [0.717, 1.165) is 50.5 Å². The summed E-state index contributed by atoms with van der Waals surface area (Å²) >= 11 is 0. The third-order valence-corrected chi connectivity index (χ3v) is 5.09. The lowest BCUT2D eigenvalue weighted by Crippen LogP contribution is -2.52. The molecule has 2 aromatic carbocycles. The summed E-state index contributed by atoms with van der Waals surface area (Å²) in [5.74, 6) is 0.703. The van der Waals surface area contributed by atoms with Crippen molar-refractivity contribution >= 4 is 0 Å². The number of ether oxygens (including phenoxy) is 1.